The molecule has 1 aromatic rings. The number of hydrogen-bond acceptors (Lipinski definition) is 5. The monoisotopic (exact) mass is 226 g/mol. The van der Waals surface area contributed by atoms with Crippen molar-refractivity contribution < 1.29 is 14.8 Å². The largest absolute Gasteiger partial charge is 0.496 e. The van der Waals surface area contributed by atoms with Gasteiger partial charge < -0.3 is 15.2 Å². The van der Waals surface area contributed by atoms with Crippen molar-refractivity contribution in [2.75, 3.05) is 25.6 Å². The first-order valence-electron chi connectivity index (χ1n) is 4.85. The molecule has 1 rings (SSSR count). The van der Waals surface area contributed by atoms with Crippen molar-refractivity contribution in [1.29, 1.82) is 0 Å². The first-order valence-corrected chi connectivity index (χ1v) is 4.85. The van der Waals surface area contributed by atoms with E-state index in [4.69, 9.17) is 9.84 Å². The quantitative estimate of drug-likeness (QED) is 0.435. The fourth-order valence-corrected chi connectivity index (χ4v) is 1.22. The van der Waals surface area contributed by atoms with E-state index in [1.807, 2.05) is 0 Å². The Bertz CT molecular complexity index is 368. The Labute approximate surface area is 93.0 Å². The highest BCUT2D eigenvalue weighted by molar-refractivity contribution is 5.56. The molecule has 0 spiro atoms. The van der Waals surface area contributed by atoms with Gasteiger partial charge in [0.2, 0.25) is 0 Å². The smallest absolute Gasteiger partial charge is 0.275 e. The van der Waals surface area contributed by atoms with E-state index in [2.05, 4.69) is 5.32 Å². The minimum absolute atomic E-state index is 0.0224. The van der Waals surface area contributed by atoms with E-state index in [-0.39, 0.29) is 12.3 Å². The van der Waals surface area contributed by atoms with E-state index in [9.17, 15) is 10.1 Å². The molecular weight excluding hydrogens is 212 g/mol. The van der Waals surface area contributed by atoms with Crippen LogP contribution in [0, 0.1) is 10.1 Å². The van der Waals surface area contributed by atoms with Gasteiger partial charge in [-0.05, 0) is 6.42 Å². The molecule has 0 aliphatic rings. The van der Waals surface area contributed by atoms with Crippen LogP contribution in [-0.4, -0.2) is 30.3 Å². The molecule has 0 heterocycles. The Balaban J connectivity index is 2.82. The number of hydrogen-bond donors (Lipinski definition) is 2. The van der Waals surface area contributed by atoms with Crippen LogP contribution in [0.2, 0.25) is 0 Å². The lowest BCUT2D eigenvalue weighted by atomic mass is 10.2. The molecule has 0 aliphatic heterocycles. The van der Waals surface area contributed by atoms with Gasteiger partial charge in [0.05, 0.1) is 18.1 Å². The maximum atomic E-state index is 10.6. The van der Waals surface area contributed by atoms with E-state index < -0.39 is 4.92 Å². The third-order valence-electron chi connectivity index (χ3n) is 2.00. The number of aliphatic hydroxyl groups excluding tert-OH is 1. The number of non-ortho nitro benzene ring substituents is 1. The van der Waals surface area contributed by atoms with Crippen molar-refractivity contribution in [3.8, 4) is 5.75 Å². The second kappa shape index (κ2) is 5.92. The number of nitro benzene ring substituents is 1. The van der Waals surface area contributed by atoms with E-state index in [0.717, 1.165) is 0 Å². The summed E-state index contributed by atoms with van der Waals surface area (Å²) >= 11 is 0. The molecule has 0 aromatic heterocycles. The normalized spacial score (nSPS) is 9.88. The van der Waals surface area contributed by atoms with Crippen LogP contribution < -0.4 is 10.1 Å². The highest BCUT2D eigenvalue weighted by Crippen LogP contribution is 2.25. The summed E-state index contributed by atoms with van der Waals surface area (Å²) in [6.45, 7) is 0.639. The van der Waals surface area contributed by atoms with Crippen LogP contribution >= 0.6 is 0 Å². The third kappa shape index (κ3) is 3.39. The molecule has 6 heteroatoms. The molecule has 88 valence electrons. The summed E-state index contributed by atoms with van der Waals surface area (Å²) in [5.74, 6) is 0.431. The highest BCUT2D eigenvalue weighted by atomic mass is 16.6. The Morgan fingerprint density at radius 2 is 2.25 bits per heavy atom. The van der Waals surface area contributed by atoms with Crippen molar-refractivity contribution in [3.63, 3.8) is 0 Å². The molecule has 6 nitrogen and oxygen atoms in total. The SMILES string of the molecule is COc1cc(NCCCO)cc([N+](=O)[O-])c1. The standard InChI is InChI=1S/C10H14N2O4/c1-16-10-6-8(11-3-2-4-13)5-9(7-10)12(14)15/h5-7,11,13H,2-4H2,1H3. The average molecular weight is 226 g/mol. The van der Waals surface area contributed by atoms with Crippen LogP contribution in [0.4, 0.5) is 11.4 Å². The van der Waals surface area contributed by atoms with E-state index in [1.54, 1.807) is 6.07 Å². The number of nitrogens with zero attached hydrogens (tertiary/aromatic N) is 1. The summed E-state index contributed by atoms with van der Waals surface area (Å²) in [6, 6.07) is 4.46. The van der Waals surface area contributed by atoms with Crippen molar-refractivity contribution in [3.05, 3.63) is 28.3 Å². The molecule has 0 bridgehead atoms. The van der Waals surface area contributed by atoms with Crippen molar-refractivity contribution in [2.45, 2.75) is 6.42 Å². The second-order valence-electron chi connectivity index (χ2n) is 3.18. The number of nitrogens with one attached hydrogen (secondary N) is 1. The van der Waals surface area contributed by atoms with Gasteiger partial charge in [-0.1, -0.05) is 0 Å². The number of nitro groups is 1. The van der Waals surface area contributed by atoms with Crippen LogP contribution in [0.15, 0.2) is 18.2 Å². The van der Waals surface area contributed by atoms with E-state index >= 15 is 0 Å². The van der Waals surface area contributed by atoms with Crippen molar-refractivity contribution in [1.82, 2.24) is 0 Å². The van der Waals surface area contributed by atoms with Crippen LogP contribution in [-0.2, 0) is 0 Å². The summed E-state index contributed by atoms with van der Waals surface area (Å²) in [5, 5.41) is 22.2. The first-order chi connectivity index (χ1) is 7.67. The topological polar surface area (TPSA) is 84.6 Å². The molecule has 2 N–H and O–H groups in total. The summed E-state index contributed by atoms with van der Waals surface area (Å²) < 4.78 is 4.96. The van der Waals surface area contributed by atoms with Crippen LogP contribution in [0.3, 0.4) is 0 Å². The molecule has 16 heavy (non-hydrogen) atoms. The molecule has 0 saturated carbocycles. The van der Waals surface area contributed by atoms with Gasteiger partial charge >= 0.3 is 0 Å². The van der Waals surface area contributed by atoms with Gasteiger partial charge in [-0.2, -0.15) is 0 Å². The zero-order valence-electron chi connectivity index (χ0n) is 8.97. The average Bonchev–Trinajstić information content (AvgIpc) is 2.29. The molecule has 0 saturated heterocycles. The summed E-state index contributed by atoms with van der Waals surface area (Å²) in [4.78, 5) is 10.2. The number of rotatable bonds is 6. The lowest BCUT2D eigenvalue weighted by molar-refractivity contribution is -0.384. The van der Waals surface area contributed by atoms with Gasteiger partial charge in [-0.3, -0.25) is 10.1 Å². The highest BCUT2D eigenvalue weighted by Gasteiger charge is 2.09. The lowest BCUT2D eigenvalue weighted by Gasteiger charge is -2.07. The van der Waals surface area contributed by atoms with Crippen LogP contribution in [0.1, 0.15) is 6.42 Å². The Morgan fingerprint density at radius 3 is 2.81 bits per heavy atom. The Hall–Kier alpha value is -1.82. The van der Waals surface area contributed by atoms with Gasteiger partial charge in [0, 0.05) is 31.0 Å². The van der Waals surface area contributed by atoms with E-state index in [1.165, 1.54) is 19.2 Å². The molecule has 0 unspecified atom stereocenters. The third-order valence-corrected chi connectivity index (χ3v) is 2.00. The molecule has 0 fully saturated rings. The zero-order chi connectivity index (χ0) is 12.0. The minimum atomic E-state index is -0.472. The number of anilines is 1. The molecular formula is C10H14N2O4. The fourth-order valence-electron chi connectivity index (χ4n) is 1.22. The van der Waals surface area contributed by atoms with Crippen LogP contribution in [0.5, 0.6) is 5.75 Å². The maximum absolute atomic E-state index is 10.6. The van der Waals surface area contributed by atoms with Crippen LogP contribution in [0.25, 0.3) is 0 Å². The number of aliphatic hydroxyl groups is 1. The summed E-state index contributed by atoms with van der Waals surface area (Å²) in [7, 11) is 1.45. The van der Waals surface area contributed by atoms with Crippen molar-refractivity contribution >= 4 is 11.4 Å². The lowest BCUT2D eigenvalue weighted by Crippen LogP contribution is -2.04. The summed E-state index contributed by atoms with van der Waals surface area (Å²) in [6.07, 6.45) is 0.588. The first kappa shape index (κ1) is 12.3. The number of methoxy groups -OCH3 is 1. The minimum Gasteiger partial charge on any atom is -0.496 e. The van der Waals surface area contributed by atoms with Gasteiger partial charge in [0.15, 0.2) is 0 Å². The predicted octanol–water partition coefficient (Wildman–Crippen LogP) is 1.40. The molecule has 0 amide bonds. The molecule has 0 atom stereocenters. The molecule has 0 radical (unpaired) electrons. The van der Waals surface area contributed by atoms with Gasteiger partial charge in [-0.15, -0.1) is 0 Å². The number of ether oxygens (including phenoxy) is 1. The van der Waals surface area contributed by atoms with E-state index in [0.29, 0.717) is 24.4 Å². The van der Waals surface area contributed by atoms with Gasteiger partial charge in [-0.25, -0.2) is 0 Å². The second-order valence-corrected chi connectivity index (χ2v) is 3.18. The zero-order valence-corrected chi connectivity index (χ0v) is 8.97. The Kier molecular flexibility index (Phi) is 4.53. The molecule has 1 aromatic carbocycles. The number of benzene rings is 1. The molecule has 0 aliphatic carbocycles. The van der Waals surface area contributed by atoms with Gasteiger partial charge in [0.25, 0.3) is 5.69 Å². The maximum Gasteiger partial charge on any atom is 0.275 e. The fraction of sp³-hybridized carbons (Fsp3) is 0.400. The predicted molar refractivity (Wildman–Crippen MR) is 59.8 cm³/mol. The van der Waals surface area contributed by atoms with Crippen molar-refractivity contribution in [2.24, 2.45) is 0 Å². The Morgan fingerprint density at radius 1 is 1.50 bits per heavy atom. The summed E-state index contributed by atoms with van der Waals surface area (Å²) in [5.41, 5.74) is 0.588. The van der Waals surface area contributed by atoms with Gasteiger partial charge in [0.1, 0.15) is 5.75 Å².